The molecule has 224 valence electrons. The number of nitrogens with two attached hydrogens (primary N) is 1. The van der Waals surface area contributed by atoms with Gasteiger partial charge in [0.1, 0.15) is 0 Å². The van der Waals surface area contributed by atoms with Crippen molar-refractivity contribution in [1.29, 1.82) is 0 Å². The molecule has 3 N–H and O–H groups in total. The Hall–Kier alpha value is -2.85. The molecule has 42 heavy (non-hydrogen) atoms. The molecule has 3 aliphatic heterocycles. The Labute approximate surface area is 257 Å². The average molecular weight is 611 g/mol. The number of fused-ring (bicyclic) bond motifs is 2. The number of piperidine rings is 1. The van der Waals surface area contributed by atoms with Crippen LogP contribution in [0.5, 0.6) is 0 Å². The second-order valence-electron chi connectivity index (χ2n) is 11.0. The summed E-state index contributed by atoms with van der Waals surface area (Å²) in [5.74, 6) is -0.503. The van der Waals surface area contributed by atoms with Gasteiger partial charge in [0.25, 0.3) is 18.6 Å². The first kappa shape index (κ1) is 30.6. The van der Waals surface area contributed by atoms with Crippen LogP contribution in [0.25, 0.3) is 0 Å². The van der Waals surface area contributed by atoms with E-state index in [2.05, 4.69) is 5.32 Å². The van der Waals surface area contributed by atoms with Gasteiger partial charge in [-0.05, 0) is 67.5 Å². The third-order valence-corrected chi connectivity index (χ3v) is 10.2. The summed E-state index contributed by atoms with van der Waals surface area (Å²) in [7, 11) is 0. The summed E-state index contributed by atoms with van der Waals surface area (Å²) in [5, 5.41) is 5.09. The van der Waals surface area contributed by atoms with Crippen LogP contribution in [-0.2, 0) is 25.5 Å². The highest BCUT2D eigenvalue weighted by Crippen LogP contribution is 2.55. The van der Waals surface area contributed by atoms with Gasteiger partial charge in [-0.15, -0.1) is 11.8 Å². The Kier molecular flexibility index (Phi) is 10.6. The first-order valence-corrected chi connectivity index (χ1v) is 16.1. The molecule has 0 radical (unpaired) electrons. The van der Waals surface area contributed by atoms with Crippen LogP contribution in [0.15, 0.2) is 65.2 Å². The third kappa shape index (κ3) is 6.54. The van der Waals surface area contributed by atoms with Gasteiger partial charge in [-0.3, -0.25) is 19.3 Å². The molecule has 2 aromatic rings. The van der Waals surface area contributed by atoms with Crippen molar-refractivity contribution in [1.82, 2.24) is 15.1 Å². The van der Waals surface area contributed by atoms with Crippen LogP contribution in [0, 0.1) is 5.92 Å². The summed E-state index contributed by atoms with van der Waals surface area (Å²) >= 11 is 8.54. The van der Waals surface area contributed by atoms with Crippen molar-refractivity contribution in [3.8, 4) is 0 Å². The maximum atomic E-state index is 14.4. The zero-order valence-corrected chi connectivity index (χ0v) is 25.3. The third-order valence-electron chi connectivity index (χ3n) is 8.37. The maximum Gasteiger partial charge on any atom is 0.295 e. The van der Waals surface area contributed by atoms with Gasteiger partial charge < -0.3 is 20.7 Å². The van der Waals surface area contributed by atoms with Crippen molar-refractivity contribution in [2.75, 3.05) is 26.2 Å². The lowest BCUT2D eigenvalue weighted by Crippen LogP contribution is -2.52. The lowest BCUT2D eigenvalue weighted by atomic mass is 9.82. The number of hydrogen-bond acceptors (Lipinski definition) is 7. The summed E-state index contributed by atoms with van der Waals surface area (Å²) in [6.07, 6.45) is 3.66. The molecule has 2 amide bonds. The predicted molar refractivity (Wildman–Crippen MR) is 165 cm³/mol. The van der Waals surface area contributed by atoms with Gasteiger partial charge in [-0.1, -0.05) is 73.0 Å². The van der Waals surface area contributed by atoms with E-state index in [4.69, 9.17) is 22.1 Å². The number of rotatable bonds is 12. The number of carbonyl (C=O) groups excluding carboxylic acids is 3. The first-order valence-electron chi connectivity index (χ1n) is 14.9. The molecule has 3 heterocycles. The fraction of sp³-hybridized carbons (Fsp3) is 0.469. The number of hydrogen-bond donors (Lipinski definition) is 2. The molecule has 0 spiro atoms. The number of halogens is 1. The quantitative estimate of drug-likeness (QED) is 0.266. The average Bonchev–Trinajstić information content (AvgIpc) is 3.34. The number of unbranched alkanes of at least 4 members (excludes halogenated alkanes) is 3. The minimum Gasteiger partial charge on any atom is -0.434 e. The van der Waals surface area contributed by atoms with Crippen LogP contribution in [-0.4, -0.2) is 65.7 Å². The lowest BCUT2D eigenvalue weighted by molar-refractivity contribution is -0.170. The zero-order valence-electron chi connectivity index (χ0n) is 23.8. The highest BCUT2D eigenvalue weighted by molar-refractivity contribution is 8.04. The van der Waals surface area contributed by atoms with Crippen LogP contribution in [0.2, 0.25) is 5.02 Å². The normalized spacial score (nSPS) is 23.8. The Morgan fingerprint density at radius 2 is 1.86 bits per heavy atom. The van der Waals surface area contributed by atoms with Crippen LogP contribution < -0.4 is 11.1 Å². The molecule has 0 aliphatic carbocycles. The molecule has 0 bridgehead atoms. The molecule has 8 nitrogen and oxygen atoms in total. The van der Waals surface area contributed by atoms with E-state index in [1.165, 1.54) is 4.90 Å². The van der Waals surface area contributed by atoms with Gasteiger partial charge in [-0.2, -0.15) is 0 Å². The summed E-state index contributed by atoms with van der Waals surface area (Å²) in [5.41, 5.74) is 8.51. The highest BCUT2D eigenvalue weighted by atomic mass is 35.5. The van der Waals surface area contributed by atoms with E-state index >= 15 is 0 Å². The Balaban J connectivity index is 1.61. The summed E-state index contributed by atoms with van der Waals surface area (Å²) in [6, 6.07) is 16.8. The molecule has 1 fully saturated rings. The predicted octanol–water partition coefficient (Wildman–Crippen LogP) is 4.64. The van der Waals surface area contributed by atoms with Gasteiger partial charge in [-0.25, -0.2) is 0 Å². The molecule has 5 rings (SSSR count). The minimum atomic E-state index is -1.40. The Bertz CT molecular complexity index is 1290. The number of carbonyl (C=O) groups is 3. The summed E-state index contributed by atoms with van der Waals surface area (Å²) in [6.45, 7) is 2.94. The second kappa shape index (κ2) is 14.6. The standard InChI is InChI=1S/C32H39ClN4O4S/c33-25-13-8-7-12-23(25)29-28-24-15-18-35-20-26(24)42-32(28)36(19-16-22-10-4-3-5-11-22)30(40)31(41-21-38)37(29)27(39)14-6-1-2-9-17-34/h3-5,7-8,10-13,21,24,26,29,31,35H,1-2,6,9,14-20,34H2. The lowest BCUT2D eigenvalue weighted by Gasteiger charge is -2.39. The number of ether oxygens (including phenoxy) is 1. The minimum absolute atomic E-state index is 0.134. The molecule has 4 unspecified atom stereocenters. The molecule has 10 heteroatoms. The molecule has 0 saturated carbocycles. The Morgan fingerprint density at radius 3 is 2.62 bits per heavy atom. The van der Waals surface area contributed by atoms with E-state index in [1.54, 1.807) is 16.7 Å². The number of benzene rings is 2. The van der Waals surface area contributed by atoms with Gasteiger partial charge >= 0.3 is 0 Å². The molecule has 2 aromatic carbocycles. The van der Waals surface area contributed by atoms with E-state index in [1.807, 2.05) is 54.6 Å². The molecule has 4 atom stereocenters. The fourth-order valence-corrected chi connectivity index (χ4v) is 8.20. The van der Waals surface area contributed by atoms with E-state index in [0.29, 0.717) is 31.0 Å². The first-order chi connectivity index (χ1) is 20.5. The van der Waals surface area contributed by atoms with Crippen molar-refractivity contribution < 1.29 is 19.1 Å². The van der Waals surface area contributed by atoms with Crippen molar-refractivity contribution in [2.24, 2.45) is 11.7 Å². The largest absolute Gasteiger partial charge is 0.434 e. The second-order valence-corrected chi connectivity index (χ2v) is 12.6. The molecule has 0 aromatic heterocycles. The molecule has 1 saturated heterocycles. The zero-order chi connectivity index (χ0) is 29.5. The maximum absolute atomic E-state index is 14.4. The highest BCUT2D eigenvalue weighted by Gasteiger charge is 2.52. The molecular weight excluding hydrogens is 572 g/mol. The topological polar surface area (TPSA) is 105 Å². The van der Waals surface area contributed by atoms with Crippen LogP contribution in [0.3, 0.4) is 0 Å². The van der Waals surface area contributed by atoms with Gasteiger partial charge in [0.15, 0.2) is 0 Å². The summed E-state index contributed by atoms with van der Waals surface area (Å²) < 4.78 is 5.55. The number of nitrogens with one attached hydrogen (secondary N) is 1. The van der Waals surface area contributed by atoms with Gasteiger partial charge in [0, 0.05) is 29.8 Å². The van der Waals surface area contributed by atoms with Crippen LogP contribution in [0.4, 0.5) is 0 Å². The van der Waals surface area contributed by atoms with Gasteiger partial charge in [0.05, 0.1) is 11.1 Å². The molecule has 3 aliphatic rings. The van der Waals surface area contributed by atoms with E-state index in [-0.39, 0.29) is 30.0 Å². The number of nitrogens with zero attached hydrogens (tertiary/aromatic N) is 2. The van der Waals surface area contributed by atoms with Crippen molar-refractivity contribution in [3.05, 3.63) is 81.3 Å². The molecular formula is C32H39ClN4O4S. The van der Waals surface area contributed by atoms with E-state index in [9.17, 15) is 14.4 Å². The SMILES string of the molecule is NCCCCCCC(=O)N1C(OC=O)C(=O)N(CCc2ccccc2)C2=C(C3CCNCC3S2)C1c1ccccc1Cl. The fourth-order valence-electron chi connectivity index (χ4n) is 6.32. The van der Waals surface area contributed by atoms with Crippen molar-refractivity contribution in [3.63, 3.8) is 0 Å². The summed E-state index contributed by atoms with van der Waals surface area (Å²) in [4.78, 5) is 43.8. The van der Waals surface area contributed by atoms with Crippen molar-refractivity contribution >= 4 is 41.6 Å². The van der Waals surface area contributed by atoms with Crippen molar-refractivity contribution in [2.45, 2.75) is 62.5 Å². The smallest absolute Gasteiger partial charge is 0.295 e. The number of amides is 2. The number of thioether (sulfide) groups is 1. The van der Waals surface area contributed by atoms with E-state index < -0.39 is 18.2 Å². The van der Waals surface area contributed by atoms with E-state index in [0.717, 1.165) is 60.5 Å². The van der Waals surface area contributed by atoms with Gasteiger partial charge in [0.2, 0.25) is 5.91 Å². The Morgan fingerprint density at radius 1 is 1.10 bits per heavy atom. The van der Waals surface area contributed by atoms with Crippen LogP contribution >= 0.6 is 23.4 Å². The monoisotopic (exact) mass is 610 g/mol. The van der Waals surface area contributed by atoms with Crippen LogP contribution in [0.1, 0.15) is 55.7 Å².